The standard InChI is InChI=1S/C18H16FN3O3/c1-25-16-6-7-21-15(16)8-12-17-11(3-2-10(20)9-23)13(19)4-5-14(17)22-18(12)24/h4-8,10,21,23H,9,20H2,1H3,(H,22,24)/b12-8-. The van der Waals surface area contributed by atoms with Crippen molar-refractivity contribution in [3.63, 3.8) is 0 Å². The van der Waals surface area contributed by atoms with E-state index in [1.54, 1.807) is 18.3 Å². The molecule has 25 heavy (non-hydrogen) atoms. The van der Waals surface area contributed by atoms with Gasteiger partial charge in [-0.2, -0.15) is 0 Å². The highest BCUT2D eigenvalue weighted by Gasteiger charge is 2.28. The lowest BCUT2D eigenvalue weighted by molar-refractivity contribution is -0.110. The lowest BCUT2D eigenvalue weighted by atomic mass is 9.99. The molecule has 1 aromatic heterocycles. The zero-order valence-electron chi connectivity index (χ0n) is 13.4. The summed E-state index contributed by atoms with van der Waals surface area (Å²) in [6, 6.07) is 3.63. The number of benzene rings is 1. The van der Waals surface area contributed by atoms with Crippen molar-refractivity contribution in [2.24, 2.45) is 5.73 Å². The summed E-state index contributed by atoms with van der Waals surface area (Å²) in [4.78, 5) is 15.3. The zero-order valence-corrected chi connectivity index (χ0v) is 13.4. The van der Waals surface area contributed by atoms with E-state index < -0.39 is 11.9 Å². The predicted molar refractivity (Wildman–Crippen MR) is 92.2 cm³/mol. The first kappa shape index (κ1) is 16.8. The summed E-state index contributed by atoms with van der Waals surface area (Å²) >= 11 is 0. The summed E-state index contributed by atoms with van der Waals surface area (Å²) in [5.41, 5.74) is 7.28. The minimum absolute atomic E-state index is 0.0523. The third kappa shape index (κ3) is 3.13. The van der Waals surface area contributed by atoms with Crippen LogP contribution in [0.15, 0.2) is 24.4 Å². The Kier molecular flexibility index (Phi) is 4.57. The molecule has 1 aromatic carbocycles. The first-order valence-corrected chi connectivity index (χ1v) is 7.50. The molecule has 0 spiro atoms. The van der Waals surface area contributed by atoms with Crippen LogP contribution in [0.2, 0.25) is 0 Å². The highest BCUT2D eigenvalue weighted by Crippen LogP contribution is 2.37. The molecule has 3 rings (SSSR count). The summed E-state index contributed by atoms with van der Waals surface area (Å²) < 4.78 is 19.5. The molecular formula is C18H16FN3O3. The number of carbonyl (C=O) groups is 1. The van der Waals surface area contributed by atoms with Crippen LogP contribution in [0.3, 0.4) is 0 Å². The SMILES string of the molecule is COc1cc[nH]c1/C=C1\C(=O)Nc2ccc(F)c(C#CC(N)CO)c21. The average molecular weight is 341 g/mol. The minimum atomic E-state index is -0.795. The molecule has 2 aromatic rings. The molecule has 0 aliphatic carbocycles. The van der Waals surface area contributed by atoms with Crippen LogP contribution in [-0.2, 0) is 4.79 Å². The number of hydrogen-bond donors (Lipinski definition) is 4. The van der Waals surface area contributed by atoms with E-state index in [4.69, 9.17) is 15.6 Å². The van der Waals surface area contributed by atoms with Crippen LogP contribution >= 0.6 is 0 Å². The van der Waals surface area contributed by atoms with Gasteiger partial charge >= 0.3 is 0 Å². The van der Waals surface area contributed by atoms with Crippen LogP contribution in [0.5, 0.6) is 5.75 Å². The van der Waals surface area contributed by atoms with Crippen LogP contribution in [0.25, 0.3) is 11.6 Å². The maximum absolute atomic E-state index is 14.3. The van der Waals surface area contributed by atoms with Crippen LogP contribution in [-0.4, -0.2) is 35.8 Å². The van der Waals surface area contributed by atoms with Crippen molar-refractivity contribution < 1.29 is 19.0 Å². The summed E-state index contributed by atoms with van der Waals surface area (Å²) in [7, 11) is 1.51. The van der Waals surface area contributed by atoms with E-state index in [0.717, 1.165) is 0 Å². The Labute approximate surface area is 143 Å². The van der Waals surface area contributed by atoms with Gasteiger partial charge in [-0.25, -0.2) is 4.39 Å². The molecule has 1 unspecified atom stereocenters. The van der Waals surface area contributed by atoms with E-state index in [0.29, 0.717) is 22.7 Å². The molecule has 6 nitrogen and oxygen atoms in total. The van der Waals surface area contributed by atoms with Crippen LogP contribution in [0.1, 0.15) is 16.8 Å². The number of carbonyl (C=O) groups excluding carboxylic acids is 1. The number of nitrogens with one attached hydrogen (secondary N) is 2. The van der Waals surface area contributed by atoms with Crippen molar-refractivity contribution in [3.05, 3.63) is 47.0 Å². The number of ether oxygens (including phenoxy) is 1. The van der Waals surface area contributed by atoms with E-state index in [9.17, 15) is 9.18 Å². The molecule has 5 N–H and O–H groups in total. The third-order valence-corrected chi connectivity index (χ3v) is 3.74. The van der Waals surface area contributed by atoms with E-state index in [1.165, 1.54) is 19.2 Å². The fraction of sp³-hybridized carbons (Fsp3) is 0.167. The van der Waals surface area contributed by atoms with Gasteiger partial charge in [0.2, 0.25) is 0 Å². The number of halogens is 1. The molecule has 0 radical (unpaired) electrons. The maximum Gasteiger partial charge on any atom is 0.256 e. The summed E-state index contributed by atoms with van der Waals surface area (Å²) in [5, 5.41) is 11.7. The number of aliphatic hydroxyl groups is 1. The number of fused-ring (bicyclic) bond motifs is 1. The monoisotopic (exact) mass is 341 g/mol. The molecule has 1 atom stereocenters. The van der Waals surface area contributed by atoms with Crippen molar-refractivity contribution in [1.29, 1.82) is 0 Å². The summed E-state index contributed by atoms with van der Waals surface area (Å²) in [6.07, 6.45) is 3.25. The van der Waals surface area contributed by atoms with E-state index in [1.807, 2.05) is 0 Å². The van der Waals surface area contributed by atoms with Crippen molar-refractivity contribution >= 4 is 23.2 Å². The predicted octanol–water partition coefficient (Wildman–Crippen LogP) is 1.33. The Morgan fingerprint density at radius 2 is 2.24 bits per heavy atom. The van der Waals surface area contributed by atoms with E-state index in [-0.39, 0.29) is 23.7 Å². The number of aromatic amines is 1. The maximum atomic E-state index is 14.3. The van der Waals surface area contributed by atoms with Gasteiger partial charge in [0.05, 0.1) is 42.3 Å². The van der Waals surface area contributed by atoms with Crippen LogP contribution < -0.4 is 15.8 Å². The van der Waals surface area contributed by atoms with Gasteiger partial charge in [-0.05, 0) is 24.3 Å². The molecule has 0 bridgehead atoms. The lowest BCUT2D eigenvalue weighted by Gasteiger charge is -2.05. The fourth-order valence-corrected chi connectivity index (χ4v) is 2.54. The number of nitrogens with two attached hydrogens (primary N) is 1. The number of amides is 1. The second kappa shape index (κ2) is 6.81. The smallest absolute Gasteiger partial charge is 0.256 e. The Hall–Kier alpha value is -3.08. The number of H-pyrrole nitrogens is 1. The van der Waals surface area contributed by atoms with Crippen LogP contribution in [0.4, 0.5) is 10.1 Å². The number of aliphatic hydroxyl groups excluding tert-OH is 1. The fourth-order valence-electron chi connectivity index (χ4n) is 2.54. The number of hydrogen-bond acceptors (Lipinski definition) is 4. The Bertz CT molecular complexity index is 921. The molecule has 0 fully saturated rings. The first-order chi connectivity index (χ1) is 12.0. The second-order valence-corrected chi connectivity index (χ2v) is 5.38. The summed E-state index contributed by atoms with van der Waals surface area (Å²) in [6.45, 7) is -0.344. The molecule has 1 amide bonds. The van der Waals surface area contributed by atoms with Crippen LogP contribution in [0, 0.1) is 17.7 Å². The molecular weight excluding hydrogens is 325 g/mol. The van der Waals surface area contributed by atoms with E-state index >= 15 is 0 Å². The molecule has 0 saturated carbocycles. The third-order valence-electron chi connectivity index (χ3n) is 3.74. The number of rotatable bonds is 3. The second-order valence-electron chi connectivity index (χ2n) is 5.38. The van der Waals surface area contributed by atoms with Gasteiger partial charge in [0, 0.05) is 11.8 Å². The molecule has 1 aliphatic rings. The number of aromatic nitrogens is 1. The topological polar surface area (TPSA) is 100 Å². The number of anilines is 1. The Morgan fingerprint density at radius 3 is 2.96 bits per heavy atom. The van der Waals surface area contributed by atoms with Gasteiger partial charge in [0.15, 0.2) is 0 Å². The zero-order chi connectivity index (χ0) is 18.0. The normalized spacial score (nSPS) is 15.4. The molecule has 1 aliphatic heterocycles. The highest BCUT2D eigenvalue weighted by molar-refractivity contribution is 6.35. The highest BCUT2D eigenvalue weighted by atomic mass is 19.1. The van der Waals surface area contributed by atoms with Gasteiger partial charge in [0.25, 0.3) is 5.91 Å². The largest absolute Gasteiger partial charge is 0.495 e. The van der Waals surface area contributed by atoms with Crippen molar-refractivity contribution in [2.45, 2.75) is 6.04 Å². The Balaban J connectivity index is 2.16. The molecule has 7 heteroatoms. The quantitative estimate of drug-likeness (QED) is 0.500. The van der Waals surface area contributed by atoms with Crippen molar-refractivity contribution in [2.75, 3.05) is 19.0 Å². The lowest BCUT2D eigenvalue weighted by Crippen LogP contribution is -2.21. The van der Waals surface area contributed by atoms with Gasteiger partial charge in [0.1, 0.15) is 11.6 Å². The molecule has 2 heterocycles. The van der Waals surface area contributed by atoms with Crippen molar-refractivity contribution in [3.8, 4) is 17.6 Å². The molecule has 0 saturated heterocycles. The van der Waals surface area contributed by atoms with Gasteiger partial charge in [-0.1, -0.05) is 11.8 Å². The molecule has 128 valence electrons. The van der Waals surface area contributed by atoms with Crippen molar-refractivity contribution in [1.82, 2.24) is 4.98 Å². The number of methoxy groups -OCH3 is 1. The average Bonchev–Trinajstić information content (AvgIpc) is 3.18. The van der Waals surface area contributed by atoms with Gasteiger partial charge in [-0.15, -0.1) is 0 Å². The van der Waals surface area contributed by atoms with E-state index in [2.05, 4.69) is 22.1 Å². The van der Waals surface area contributed by atoms with Gasteiger partial charge in [-0.3, -0.25) is 4.79 Å². The van der Waals surface area contributed by atoms with Gasteiger partial charge < -0.3 is 25.9 Å². The Morgan fingerprint density at radius 1 is 1.44 bits per heavy atom. The first-order valence-electron chi connectivity index (χ1n) is 7.50. The minimum Gasteiger partial charge on any atom is -0.495 e. The summed E-state index contributed by atoms with van der Waals surface area (Å²) in [5.74, 6) is 4.83.